The van der Waals surface area contributed by atoms with Gasteiger partial charge in [-0.25, -0.2) is 0 Å². The number of aliphatic hydroxyl groups is 1. The summed E-state index contributed by atoms with van der Waals surface area (Å²) in [4.78, 5) is 0. The SMILES string of the molecule is O[C@]1(c2ccccc2)CCSC1. The lowest BCUT2D eigenvalue weighted by atomic mass is 9.94. The van der Waals surface area contributed by atoms with Crippen LogP contribution in [0, 0.1) is 0 Å². The lowest BCUT2D eigenvalue weighted by Crippen LogP contribution is -2.24. The van der Waals surface area contributed by atoms with Gasteiger partial charge in [-0.1, -0.05) is 30.3 Å². The molecule has 0 amide bonds. The first-order valence-electron chi connectivity index (χ1n) is 4.17. The summed E-state index contributed by atoms with van der Waals surface area (Å²) in [6.07, 6.45) is 0.891. The maximum atomic E-state index is 10.1. The zero-order valence-electron chi connectivity index (χ0n) is 6.86. The summed E-state index contributed by atoms with van der Waals surface area (Å²) in [5.41, 5.74) is 0.515. The zero-order chi connectivity index (χ0) is 8.44. The summed E-state index contributed by atoms with van der Waals surface area (Å²) in [6, 6.07) is 9.96. The van der Waals surface area contributed by atoms with Crippen LogP contribution in [0.2, 0.25) is 0 Å². The van der Waals surface area contributed by atoms with Gasteiger partial charge >= 0.3 is 0 Å². The highest BCUT2D eigenvalue weighted by molar-refractivity contribution is 7.99. The Morgan fingerprint density at radius 2 is 2.00 bits per heavy atom. The second-order valence-electron chi connectivity index (χ2n) is 3.20. The Morgan fingerprint density at radius 1 is 1.25 bits per heavy atom. The van der Waals surface area contributed by atoms with E-state index < -0.39 is 5.60 Å². The molecule has 1 aliphatic heterocycles. The Hall–Kier alpha value is -0.470. The molecule has 1 aromatic rings. The van der Waals surface area contributed by atoms with Crippen molar-refractivity contribution in [3.63, 3.8) is 0 Å². The largest absolute Gasteiger partial charge is 0.384 e. The van der Waals surface area contributed by atoms with Gasteiger partial charge in [-0.2, -0.15) is 11.8 Å². The second-order valence-corrected chi connectivity index (χ2v) is 4.31. The summed E-state index contributed by atoms with van der Waals surface area (Å²) in [5.74, 6) is 1.92. The van der Waals surface area contributed by atoms with Crippen LogP contribution in [0.25, 0.3) is 0 Å². The predicted molar refractivity (Wildman–Crippen MR) is 52.3 cm³/mol. The maximum absolute atomic E-state index is 10.1. The predicted octanol–water partition coefficient (Wildman–Crippen LogP) is 2.01. The van der Waals surface area contributed by atoms with Crippen LogP contribution in [0.1, 0.15) is 12.0 Å². The molecule has 64 valence electrons. The van der Waals surface area contributed by atoms with Gasteiger partial charge in [0.1, 0.15) is 0 Å². The highest BCUT2D eigenvalue weighted by Gasteiger charge is 2.32. The van der Waals surface area contributed by atoms with Crippen LogP contribution in [-0.2, 0) is 5.60 Å². The van der Waals surface area contributed by atoms with E-state index >= 15 is 0 Å². The molecule has 2 heteroatoms. The molecule has 1 fully saturated rings. The zero-order valence-corrected chi connectivity index (χ0v) is 7.68. The van der Waals surface area contributed by atoms with E-state index in [1.54, 1.807) is 0 Å². The lowest BCUT2D eigenvalue weighted by molar-refractivity contribution is 0.0658. The van der Waals surface area contributed by atoms with Crippen molar-refractivity contribution in [1.82, 2.24) is 0 Å². The highest BCUT2D eigenvalue weighted by Crippen LogP contribution is 2.36. The molecule has 0 spiro atoms. The van der Waals surface area contributed by atoms with Crippen LogP contribution in [0.3, 0.4) is 0 Å². The summed E-state index contributed by atoms with van der Waals surface area (Å²) in [6.45, 7) is 0. The van der Waals surface area contributed by atoms with Crippen molar-refractivity contribution < 1.29 is 5.11 Å². The average Bonchev–Trinajstić information content (AvgIpc) is 2.55. The first-order valence-corrected chi connectivity index (χ1v) is 5.32. The van der Waals surface area contributed by atoms with Crippen molar-refractivity contribution in [3.8, 4) is 0 Å². The molecule has 0 saturated carbocycles. The van der Waals surface area contributed by atoms with E-state index in [0.717, 1.165) is 23.5 Å². The van der Waals surface area contributed by atoms with Gasteiger partial charge in [-0.15, -0.1) is 0 Å². The molecule has 1 heterocycles. The van der Waals surface area contributed by atoms with Gasteiger partial charge in [0, 0.05) is 5.75 Å². The summed E-state index contributed by atoms with van der Waals surface area (Å²) < 4.78 is 0. The molecule has 1 atom stereocenters. The lowest BCUT2D eigenvalue weighted by Gasteiger charge is -2.21. The topological polar surface area (TPSA) is 20.2 Å². The van der Waals surface area contributed by atoms with E-state index in [9.17, 15) is 5.11 Å². The van der Waals surface area contributed by atoms with Gasteiger partial charge < -0.3 is 5.11 Å². The van der Waals surface area contributed by atoms with Gasteiger partial charge in [0.15, 0.2) is 0 Å². The molecule has 0 radical (unpaired) electrons. The minimum Gasteiger partial charge on any atom is -0.384 e. The van der Waals surface area contributed by atoms with Gasteiger partial charge in [0.05, 0.1) is 5.60 Å². The number of rotatable bonds is 1. The molecule has 1 saturated heterocycles. The van der Waals surface area contributed by atoms with E-state index in [1.807, 2.05) is 42.1 Å². The molecule has 12 heavy (non-hydrogen) atoms. The first-order chi connectivity index (χ1) is 5.81. The standard InChI is InChI=1S/C10H12OS/c11-10(6-7-12-8-10)9-4-2-1-3-5-9/h1-5,11H,6-8H2/t10-/m1/s1. The smallest absolute Gasteiger partial charge is 0.0994 e. The van der Waals surface area contributed by atoms with Crippen molar-refractivity contribution in [2.75, 3.05) is 11.5 Å². The maximum Gasteiger partial charge on any atom is 0.0994 e. The Kier molecular flexibility index (Phi) is 2.11. The molecule has 1 nitrogen and oxygen atoms in total. The molecule has 0 unspecified atom stereocenters. The first kappa shape index (κ1) is 8.14. The van der Waals surface area contributed by atoms with Crippen molar-refractivity contribution in [1.29, 1.82) is 0 Å². The molecular formula is C10H12OS. The fraction of sp³-hybridized carbons (Fsp3) is 0.400. The quantitative estimate of drug-likeness (QED) is 0.713. The molecule has 1 aromatic carbocycles. The number of thioether (sulfide) groups is 1. The molecule has 1 N–H and O–H groups in total. The van der Waals surface area contributed by atoms with Crippen LogP contribution in [0.5, 0.6) is 0 Å². The number of benzene rings is 1. The Bertz CT molecular complexity index is 252. The van der Waals surface area contributed by atoms with E-state index in [4.69, 9.17) is 0 Å². The Balaban J connectivity index is 2.29. The van der Waals surface area contributed by atoms with E-state index in [0.29, 0.717) is 0 Å². The highest BCUT2D eigenvalue weighted by atomic mass is 32.2. The monoisotopic (exact) mass is 180 g/mol. The van der Waals surface area contributed by atoms with Crippen LogP contribution in [0.4, 0.5) is 0 Å². The molecular weight excluding hydrogens is 168 g/mol. The molecule has 2 rings (SSSR count). The number of hydrogen-bond acceptors (Lipinski definition) is 2. The molecule has 0 aliphatic carbocycles. The van der Waals surface area contributed by atoms with E-state index in [2.05, 4.69) is 0 Å². The van der Waals surface area contributed by atoms with Gasteiger partial charge in [-0.3, -0.25) is 0 Å². The van der Waals surface area contributed by atoms with Crippen LogP contribution >= 0.6 is 11.8 Å². The van der Waals surface area contributed by atoms with Gasteiger partial charge in [0.2, 0.25) is 0 Å². The minimum absolute atomic E-state index is 0.550. The fourth-order valence-corrected chi connectivity index (χ4v) is 2.81. The normalized spacial score (nSPS) is 29.1. The van der Waals surface area contributed by atoms with E-state index in [-0.39, 0.29) is 0 Å². The number of hydrogen-bond donors (Lipinski definition) is 1. The van der Waals surface area contributed by atoms with Crippen molar-refractivity contribution in [3.05, 3.63) is 35.9 Å². The van der Waals surface area contributed by atoms with Crippen molar-refractivity contribution >= 4 is 11.8 Å². The average molecular weight is 180 g/mol. The van der Waals surface area contributed by atoms with Crippen LogP contribution in [0.15, 0.2) is 30.3 Å². The molecule has 0 aromatic heterocycles. The molecule has 1 aliphatic rings. The summed E-state index contributed by atoms with van der Waals surface area (Å²) >= 11 is 1.83. The van der Waals surface area contributed by atoms with Crippen molar-refractivity contribution in [2.24, 2.45) is 0 Å². The molecule has 0 bridgehead atoms. The van der Waals surface area contributed by atoms with Crippen LogP contribution < -0.4 is 0 Å². The third-order valence-corrected chi connectivity index (χ3v) is 3.49. The van der Waals surface area contributed by atoms with Gasteiger partial charge in [0.25, 0.3) is 0 Å². The van der Waals surface area contributed by atoms with Crippen molar-refractivity contribution in [2.45, 2.75) is 12.0 Å². The summed E-state index contributed by atoms with van der Waals surface area (Å²) in [7, 11) is 0. The third-order valence-electron chi connectivity index (χ3n) is 2.31. The Morgan fingerprint density at radius 3 is 2.58 bits per heavy atom. The van der Waals surface area contributed by atoms with E-state index in [1.165, 1.54) is 0 Å². The second kappa shape index (κ2) is 3.11. The fourth-order valence-electron chi connectivity index (χ4n) is 1.53. The third kappa shape index (κ3) is 1.37. The van der Waals surface area contributed by atoms with Crippen LogP contribution in [-0.4, -0.2) is 16.6 Å². The van der Waals surface area contributed by atoms with Gasteiger partial charge in [-0.05, 0) is 17.7 Å². The Labute approximate surface area is 76.8 Å². The minimum atomic E-state index is -0.550. The summed E-state index contributed by atoms with van der Waals surface area (Å²) in [5, 5.41) is 10.1.